The standard InChI is InChI=1S/C25H24F3N5O/c1-15-4-5-16(11-30-15)23-21(3-2-8-29-23)24(34)33-14-18-9-17(18)10-20(33)13-32-22-7-6-19(12-31-22)25(26,27)28/h2-8,11-12,17-18,20H,9-10,13-14H2,1H3,(H,31,32)/t17-,18+,20+/m1/s1. The summed E-state index contributed by atoms with van der Waals surface area (Å²) in [5, 5.41) is 3.12. The first-order valence-corrected chi connectivity index (χ1v) is 11.3. The molecule has 34 heavy (non-hydrogen) atoms. The molecular weight excluding hydrogens is 443 g/mol. The molecule has 3 aromatic heterocycles. The van der Waals surface area contributed by atoms with Crippen molar-refractivity contribution in [2.24, 2.45) is 11.8 Å². The van der Waals surface area contributed by atoms with Crippen LogP contribution in [-0.2, 0) is 6.18 Å². The number of hydrogen-bond acceptors (Lipinski definition) is 5. The Hall–Kier alpha value is -3.49. The third-order valence-electron chi connectivity index (χ3n) is 6.61. The summed E-state index contributed by atoms with van der Waals surface area (Å²) in [6.45, 7) is 2.98. The highest BCUT2D eigenvalue weighted by Gasteiger charge is 2.47. The summed E-state index contributed by atoms with van der Waals surface area (Å²) >= 11 is 0. The molecule has 1 amide bonds. The summed E-state index contributed by atoms with van der Waals surface area (Å²) in [5.74, 6) is 1.35. The lowest BCUT2D eigenvalue weighted by Crippen LogP contribution is -2.48. The smallest absolute Gasteiger partial charge is 0.368 e. The van der Waals surface area contributed by atoms with Crippen LogP contribution in [-0.4, -0.2) is 44.9 Å². The summed E-state index contributed by atoms with van der Waals surface area (Å²) in [6.07, 6.45) is 1.73. The minimum Gasteiger partial charge on any atom is -0.368 e. The van der Waals surface area contributed by atoms with Crippen molar-refractivity contribution in [2.45, 2.75) is 32.0 Å². The molecule has 1 saturated heterocycles. The maximum absolute atomic E-state index is 13.7. The normalized spacial score (nSPS) is 21.6. The Morgan fingerprint density at radius 3 is 2.62 bits per heavy atom. The minimum absolute atomic E-state index is 0.0930. The van der Waals surface area contributed by atoms with Crippen molar-refractivity contribution < 1.29 is 18.0 Å². The quantitative estimate of drug-likeness (QED) is 0.582. The van der Waals surface area contributed by atoms with E-state index in [9.17, 15) is 18.0 Å². The van der Waals surface area contributed by atoms with Crippen LogP contribution in [0.2, 0.25) is 0 Å². The Kier molecular flexibility index (Phi) is 5.71. The zero-order valence-electron chi connectivity index (χ0n) is 18.6. The third-order valence-corrected chi connectivity index (χ3v) is 6.61. The maximum Gasteiger partial charge on any atom is 0.417 e. The first kappa shape index (κ1) is 22.3. The van der Waals surface area contributed by atoms with Crippen molar-refractivity contribution in [1.82, 2.24) is 19.9 Å². The van der Waals surface area contributed by atoms with Crippen LogP contribution in [0.5, 0.6) is 0 Å². The average molecular weight is 467 g/mol. The molecule has 9 heteroatoms. The molecule has 4 heterocycles. The van der Waals surface area contributed by atoms with Crippen LogP contribution in [0.1, 0.15) is 34.5 Å². The van der Waals surface area contributed by atoms with Crippen LogP contribution >= 0.6 is 0 Å². The van der Waals surface area contributed by atoms with Gasteiger partial charge in [-0.25, -0.2) is 4.98 Å². The van der Waals surface area contributed by atoms with Gasteiger partial charge in [0.25, 0.3) is 5.91 Å². The van der Waals surface area contributed by atoms with E-state index in [1.165, 1.54) is 6.07 Å². The minimum atomic E-state index is -4.42. The lowest BCUT2D eigenvalue weighted by atomic mass is 9.99. The van der Waals surface area contributed by atoms with Crippen LogP contribution in [0.3, 0.4) is 0 Å². The van der Waals surface area contributed by atoms with Gasteiger partial charge in [0.1, 0.15) is 5.82 Å². The molecule has 0 bridgehead atoms. The van der Waals surface area contributed by atoms with Crippen LogP contribution in [0.25, 0.3) is 11.3 Å². The van der Waals surface area contributed by atoms with Gasteiger partial charge in [-0.1, -0.05) is 0 Å². The number of alkyl halides is 3. The SMILES string of the molecule is Cc1ccc(-c2ncccc2C(=O)N2C[C@@H]3C[C@@H]3C[C@H]2CNc2ccc(C(F)(F)F)cn2)cn1. The second-order valence-corrected chi connectivity index (χ2v) is 9.00. The lowest BCUT2D eigenvalue weighted by molar-refractivity contribution is -0.137. The number of aryl methyl sites for hydroxylation is 1. The number of likely N-dealkylation sites (tertiary alicyclic amines) is 1. The third kappa shape index (κ3) is 4.60. The van der Waals surface area contributed by atoms with E-state index in [-0.39, 0.29) is 11.9 Å². The van der Waals surface area contributed by atoms with Gasteiger partial charge >= 0.3 is 6.18 Å². The molecule has 2 aliphatic rings. The summed E-state index contributed by atoms with van der Waals surface area (Å²) in [4.78, 5) is 28.3. The number of rotatable bonds is 5. The Bertz CT molecular complexity index is 1180. The molecule has 0 unspecified atom stereocenters. The number of carbonyl (C=O) groups is 1. The van der Waals surface area contributed by atoms with Gasteiger partial charge in [0.2, 0.25) is 0 Å². The highest BCUT2D eigenvalue weighted by Crippen LogP contribution is 2.47. The number of hydrogen-bond donors (Lipinski definition) is 1. The van der Waals surface area contributed by atoms with Gasteiger partial charge in [-0.15, -0.1) is 0 Å². The number of piperidine rings is 1. The molecule has 2 fully saturated rings. The lowest BCUT2D eigenvalue weighted by Gasteiger charge is -2.36. The number of nitrogens with zero attached hydrogens (tertiary/aromatic N) is 4. The van der Waals surface area contributed by atoms with Crippen molar-refractivity contribution in [3.8, 4) is 11.3 Å². The Morgan fingerprint density at radius 1 is 1.06 bits per heavy atom. The van der Waals surface area contributed by atoms with Gasteiger partial charge < -0.3 is 10.2 Å². The van der Waals surface area contributed by atoms with Crippen molar-refractivity contribution in [2.75, 3.05) is 18.4 Å². The fourth-order valence-corrected chi connectivity index (χ4v) is 4.60. The molecule has 3 aromatic rings. The van der Waals surface area contributed by atoms with Crippen molar-refractivity contribution >= 4 is 11.7 Å². The van der Waals surface area contributed by atoms with E-state index < -0.39 is 11.7 Å². The second-order valence-electron chi connectivity index (χ2n) is 9.00. The Labute approximate surface area is 195 Å². The number of carbonyl (C=O) groups excluding carboxylic acids is 1. The van der Waals surface area contributed by atoms with Crippen LogP contribution < -0.4 is 5.32 Å². The predicted molar refractivity (Wildman–Crippen MR) is 121 cm³/mol. The molecule has 0 radical (unpaired) electrons. The molecule has 176 valence electrons. The molecule has 1 aliphatic carbocycles. The molecule has 1 saturated carbocycles. The molecule has 1 N–H and O–H groups in total. The maximum atomic E-state index is 13.7. The Balaban J connectivity index is 1.35. The number of fused-ring (bicyclic) bond motifs is 1. The second kappa shape index (κ2) is 8.70. The number of pyridine rings is 3. The van der Waals surface area contributed by atoms with Gasteiger partial charge in [-0.2, -0.15) is 13.2 Å². The number of halogens is 3. The Morgan fingerprint density at radius 2 is 1.91 bits per heavy atom. The van der Waals surface area contributed by atoms with E-state index in [2.05, 4.69) is 20.3 Å². The first-order chi connectivity index (χ1) is 16.3. The van der Waals surface area contributed by atoms with Gasteiger partial charge in [0.15, 0.2) is 0 Å². The van der Waals surface area contributed by atoms with E-state index in [1.807, 2.05) is 24.0 Å². The summed E-state index contributed by atoms with van der Waals surface area (Å²) < 4.78 is 38.4. The van der Waals surface area contributed by atoms with Gasteiger partial charge in [0.05, 0.1) is 16.8 Å². The first-order valence-electron chi connectivity index (χ1n) is 11.3. The zero-order valence-corrected chi connectivity index (χ0v) is 18.6. The largest absolute Gasteiger partial charge is 0.417 e. The zero-order chi connectivity index (χ0) is 23.9. The van der Waals surface area contributed by atoms with E-state index in [1.54, 1.807) is 24.5 Å². The molecule has 3 atom stereocenters. The topological polar surface area (TPSA) is 71.0 Å². The van der Waals surface area contributed by atoms with Crippen LogP contribution in [0.15, 0.2) is 55.0 Å². The average Bonchev–Trinajstić information content (AvgIpc) is 3.60. The van der Waals surface area contributed by atoms with E-state index >= 15 is 0 Å². The number of amides is 1. The van der Waals surface area contributed by atoms with Gasteiger partial charge in [-0.05, 0) is 68.0 Å². The molecule has 0 spiro atoms. The van der Waals surface area contributed by atoms with Gasteiger partial charge in [-0.3, -0.25) is 14.8 Å². The fraction of sp³-hybridized carbons (Fsp3) is 0.360. The fourth-order valence-electron chi connectivity index (χ4n) is 4.60. The van der Waals surface area contributed by atoms with E-state index in [4.69, 9.17) is 0 Å². The molecule has 0 aromatic carbocycles. The van der Waals surface area contributed by atoms with Crippen molar-refractivity contribution in [1.29, 1.82) is 0 Å². The van der Waals surface area contributed by atoms with Crippen LogP contribution in [0.4, 0.5) is 19.0 Å². The molecular formula is C25H24F3N5O. The van der Waals surface area contributed by atoms with Crippen molar-refractivity contribution in [3.05, 3.63) is 71.8 Å². The summed E-state index contributed by atoms with van der Waals surface area (Å²) in [5.41, 5.74) is 1.98. The predicted octanol–water partition coefficient (Wildman–Crippen LogP) is 4.83. The monoisotopic (exact) mass is 467 g/mol. The number of nitrogens with one attached hydrogen (secondary N) is 1. The molecule has 6 nitrogen and oxygen atoms in total. The van der Waals surface area contributed by atoms with Gasteiger partial charge in [0, 0.05) is 49.0 Å². The highest BCUT2D eigenvalue weighted by atomic mass is 19.4. The summed E-state index contributed by atoms with van der Waals surface area (Å²) in [6, 6.07) is 9.56. The van der Waals surface area contributed by atoms with E-state index in [0.717, 1.165) is 36.4 Å². The summed E-state index contributed by atoms with van der Waals surface area (Å²) in [7, 11) is 0. The van der Waals surface area contributed by atoms with Crippen LogP contribution in [0, 0.1) is 18.8 Å². The van der Waals surface area contributed by atoms with E-state index in [0.29, 0.717) is 42.0 Å². The molecule has 5 rings (SSSR count). The number of aromatic nitrogens is 3. The molecule has 1 aliphatic heterocycles. The number of anilines is 1. The van der Waals surface area contributed by atoms with Crippen molar-refractivity contribution in [3.63, 3.8) is 0 Å². The highest BCUT2D eigenvalue weighted by molar-refractivity contribution is 6.00.